The summed E-state index contributed by atoms with van der Waals surface area (Å²) in [6, 6.07) is 0. The quantitative estimate of drug-likeness (QED) is 0.331. The molecule has 1 aliphatic heterocycles. The second-order valence-electron chi connectivity index (χ2n) is 4.32. The number of primary sulfonamides is 1. The SMILES string of the molecule is NNc1nc(NCCS(N)(=O)=O)nc(N2CCOCC2)n1. The molecular formula is C9H18N8O3S. The van der Waals surface area contributed by atoms with Gasteiger partial charge in [0.2, 0.25) is 27.9 Å². The zero-order valence-electron chi connectivity index (χ0n) is 11.3. The van der Waals surface area contributed by atoms with Crippen molar-refractivity contribution in [2.45, 2.75) is 0 Å². The molecule has 1 fully saturated rings. The first-order chi connectivity index (χ1) is 9.98. The Balaban J connectivity index is 2.09. The molecule has 0 bridgehead atoms. The predicted octanol–water partition coefficient (Wildman–Crippen LogP) is -2.31. The van der Waals surface area contributed by atoms with Crippen LogP contribution in [0.4, 0.5) is 17.8 Å². The van der Waals surface area contributed by atoms with E-state index in [9.17, 15) is 8.42 Å². The van der Waals surface area contributed by atoms with Crippen LogP contribution in [0.25, 0.3) is 0 Å². The maximum absolute atomic E-state index is 10.9. The number of rotatable bonds is 6. The van der Waals surface area contributed by atoms with Gasteiger partial charge in [-0.25, -0.2) is 19.4 Å². The van der Waals surface area contributed by atoms with Crippen molar-refractivity contribution in [3.05, 3.63) is 0 Å². The van der Waals surface area contributed by atoms with E-state index in [1.165, 1.54) is 0 Å². The molecule has 0 radical (unpaired) electrons. The second kappa shape index (κ2) is 6.80. The molecule has 2 heterocycles. The third-order valence-corrected chi connectivity index (χ3v) is 3.49. The lowest BCUT2D eigenvalue weighted by Gasteiger charge is -2.27. The van der Waals surface area contributed by atoms with Crippen molar-refractivity contribution < 1.29 is 13.2 Å². The normalized spacial score (nSPS) is 15.8. The molecule has 1 aliphatic rings. The van der Waals surface area contributed by atoms with E-state index in [2.05, 4.69) is 25.7 Å². The van der Waals surface area contributed by atoms with Gasteiger partial charge in [-0.2, -0.15) is 15.0 Å². The van der Waals surface area contributed by atoms with E-state index in [0.717, 1.165) is 0 Å². The molecule has 11 nitrogen and oxygen atoms in total. The summed E-state index contributed by atoms with van der Waals surface area (Å²) < 4.78 is 27.0. The van der Waals surface area contributed by atoms with Crippen molar-refractivity contribution in [3.8, 4) is 0 Å². The van der Waals surface area contributed by atoms with Crippen molar-refractivity contribution in [2.24, 2.45) is 11.0 Å². The van der Waals surface area contributed by atoms with Crippen LogP contribution in [0.1, 0.15) is 0 Å². The summed E-state index contributed by atoms with van der Waals surface area (Å²) in [7, 11) is -3.54. The van der Waals surface area contributed by atoms with Crippen LogP contribution in [0.3, 0.4) is 0 Å². The number of nitrogens with one attached hydrogen (secondary N) is 2. The van der Waals surface area contributed by atoms with Gasteiger partial charge in [-0.3, -0.25) is 5.43 Å². The van der Waals surface area contributed by atoms with Crippen molar-refractivity contribution in [1.29, 1.82) is 0 Å². The van der Waals surface area contributed by atoms with Crippen LogP contribution in [-0.4, -0.2) is 62.0 Å². The van der Waals surface area contributed by atoms with Gasteiger partial charge in [0.25, 0.3) is 0 Å². The monoisotopic (exact) mass is 318 g/mol. The number of hydrogen-bond acceptors (Lipinski definition) is 10. The number of nitrogen functional groups attached to an aromatic ring is 1. The molecular weight excluding hydrogens is 300 g/mol. The Morgan fingerprint density at radius 1 is 1.19 bits per heavy atom. The van der Waals surface area contributed by atoms with Crippen molar-refractivity contribution in [1.82, 2.24) is 15.0 Å². The maximum Gasteiger partial charge on any atom is 0.243 e. The number of hydrogen-bond donors (Lipinski definition) is 4. The number of nitrogens with two attached hydrogens (primary N) is 2. The largest absolute Gasteiger partial charge is 0.378 e. The Morgan fingerprint density at radius 3 is 2.48 bits per heavy atom. The first kappa shape index (κ1) is 15.6. The standard InChI is InChI=1S/C9H18N8O3S/c10-16-8-13-7(12-1-6-21(11,18)19)14-9(15-8)17-2-4-20-5-3-17/h1-6,10H2,(H2,11,18,19)(H2,12,13,14,15,16). The van der Waals surface area contributed by atoms with Crippen LogP contribution in [0, 0.1) is 0 Å². The smallest absolute Gasteiger partial charge is 0.243 e. The van der Waals surface area contributed by atoms with Gasteiger partial charge in [-0.05, 0) is 0 Å². The molecule has 0 aromatic carbocycles. The van der Waals surface area contributed by atoms with Crippen LogP contribution in [-0.2, 0) is 14.8 Å². The van der Waals surface area contributed by atoms with Crippen molar-refractivity contribution in [3.63, 3.8) is 0 Å². The summed E-state index contributed by atoms with van der Waals surface area (Å²) >= 11 is 0. The Labute approximate surface area is 122 Å². The van der Waals surface area contributed by atoms with Gasteiger partial charge < -0.3 is 15.0 Å². The summed E-state index contributed by atoms with van der Waals surface area (Å²) in [6.45, 7) is 2.58. The van der Waals surface area contributed by atoms with Gasteiger partial charge in [0.05, 0.1) is 19.0 Å². The molecule has 0 spiro atoms. The fraction of sp³-hybridized carbons (Fsp3) is 0.667. The summed E-state index contributed by atoms with van der Waals surface area (Å²) in [5, 5.41) is 7.71. The minimum Gasteiger partial charge on any atom is -0.378 e. The van der Waals surface area contributed by atoms with Gasteiger partial charge >= 0.3 is 0 Å². The average molecular weight is 318 g/mol. The van der Waals surface area contributed by atoms with Crippen LogP contribution in [0.15, 0.2) is 0 Å². The fourth-order valence-electron chi connectivity index (χ4n) is 1.72. The minimum atomic E-state index is -3.54. The van der Waals surface area contributed by atoms with Crippen LogP contribution in [0.2, 0.25) is 0 Å². The van der Waals surface area contributed by atoms with E-state index >= 15 is 0 Å². The van der Waals surface area contributed by atoms with Crippen LogP contribution < -0.4 is 26.6 Å². The molecule has 1 aromatic heterocycles. The van der Waals surface area contributed by atoms with Gasteiger partial charge in [0, 0.05) is 19.6 Å². The number of aromatic nitrogens is 3. The molecule has 118 valence electrons. The molecule has 0 unspecified atom stereocenters. The van der Waals surface area contributed by atoms with E-state index in [-0.39, 0.29) is 24.2 Å². The third kappa shape index (κ3) is 4.93. The van der Waals surface area contributed by atoms with Gasteiger partial charge in [0.1, 0.15) is 0 Å². The van der Waals surface area contributed by atoms with Crippen molar-refractivity contribution >= 4 is 27.9 Å². The number of hydrazine groups is 1. The van der Waals surface area contributed by atoms with Crippen LogP contribution in [0.5, 0.6) is 0 Å². The Kier molecular flexibility index (Phi) is 5.06. The Morgan fingerprint density at radius 2 is 1.86 bits per heavy atom. The number of sulfonamides is 1. The Bertz CT molecular complexity index is 574. The predicted molar refractivity (Wildman–Crippen MR) is 77.1 cm³/mol. The number of nitrogens with zero attached hydrogens (tertiary/aromatic N) is 4. The van der Waals surface area contributed by atoms with E-state index < -0.39 is 10.0 Å². The molecule has 0 atom stereocenters. The third-order valence-electron chi connectivity index (χ3n) is 2.72. The van der Waals surface area contributed by atoms with E-state index in [1.807, 2.05) is 4.90 Å². The molecule has 0 aliphatic carbocycles. The molecule has 12 heteroatoms. The molecule has 0 amide bonds. The van der Waals surface area contributed by atoms with Gasteiger partial charge in [-0.15, -0.1) is 0 Å². The number of ether oxygens (including phenoxy) is 1. The summed E-state index contributed by atoms with van der Waals surface area (Å²) in [5.41, 5.74) is 2.35. The van der Waals surface area contributed by atoms with E-state index in [1.54, 1.807) is 0 Å². The minimum absolute atomic E-state index is 0.0927. The molecule has 2 rings (SSSR count). The first-order valence-corrected chi connectivity index (χ1v) is 7.99. The molecule has 6 N–H and O–H groups in total. The van der Waals surface area contributed by atoms with Crippen molar-refractivity contribution in [2.75, 3.05) is 54.2 Å². The van der Waals surface area contributed by atoms with Gasteiger partial charge in [0.15, 0.2) is 0 Å². The summed E-state index contributed by atoms with van der Waals surface area (Å²) in [4.78, 5) is 14.3. The average Bonchev–Trinajstić information content (AvgIpc) is 2.46. The lowest BCUT2D eigenvalue weighted by Crippen LogP contribution is -2.37. The summed E-state index contributed by atoms with van der Waals surface area (Å²) in [5.74, 6) is 5.95. The van der Waals surface area contributed by atoms with E-state index in [4.69, 9.17) is 15.7 Å². The molecule has 0 saturated carbocycles. The van der Waals surface area contributed by atoms with Gasteiger partial charge in [-0.1, -0.05) is 0 Å². The van der Waals surface area contributed by atoms with Crippen LogP contribution >= 0.6 is 0 Å². The lowest BCUT2D eigenvalue weighted by molar-refractivity contribution is 0.122. The highest BCUT2D eigenvalue weighted by molar-refractivity contribution is 7.89. The fourth-order valence-corrected chi connectivity index (χ4v) is 2.10. The number of morpholine rings is 1. The Hall–Kier alpha value is -1.76. The molecule has 21 heavy (non-hydrogen) atoms. The topological polar surface area (TPSA) is 161 Å². The zero-order chi connectivity index (χ0) is 15.3. The maximum atomic E-state index is 10.9. The lowest BCUT2D eigenvalue weighted by atomic mass is 10.4. The molecule has 1 saturated heterocycles. The number of anilines is 3. The molecule has 1 aromatic rings. The summed E-state index contributed by atoms with van der Waals surface area (Å²) in [6.07, 6.45) is 0. The van der Waals surface area contributed by atoms with E-state index in [0.29, 0.717) is 32.3 Å². The first-order valence-electron chi connectivity index (χ1n) is 6.27. The highest BCUT2D eigenvalue weighted by atomic mass is 32.2. The zero-order valence-corrected chi connectivity index (χ0v) is 12.1. The highest BCUT2D eigenvalue weighted by Gasteiger charge is 2.16. The second-order valence-corrected chi connectivity index (χ2v) is 6.05. The highest BCUT2D eigenvalue weighted by Crippen LogP contribution is 2.14.